The largest absolute Gasteiger partial charge is 0.481 e. The number of carboxylic acids is 1. The third kappa shape index (κ3) is 4.84. The Labute approximate surface area is 116 Å². The summed E-state index contributed by atoms with van der Waals surface area (Å²) in [6, 6.07) is 0. The number of carboxylic acid groups (broad SMARTS) is 1. The van der Waals surface area contributed by atoms with Gasteiger partial charge in [-0.05, 0) is 25.2 Å². The normalized spacial score (nSPS) is 24.1. The first kappa shape index (κ1) is 16.0. The Morgan fingerprint density at radius 1 is 1.26 bits per heavy atom. The summed E-state index contributed by atoms with van der Waals surface area (Å²) >= 11 is 0. The molecule has 0 bridgehead atoms. The molecule has 19 heavy (non-hydrogen) atoms. The number of carbonyl (C=O) groups is 2. The molecule has 4 heteroatoms. The van der Waals surface area contributed by atoms with E-state index in [0.717, 1.165) is 19.3 Å². The van der Waals surface area contributed by atoms with Gasteiger partial charge in [-0.3, -0.25) is 9.59 Å². The van der Waals surface area contributed by atoms with Crippen LogP contribution in [0, 0.1) is 17.8 Å². The van der Waals surface area contributed by atoms with Crippen molar-refractivity contribution >= 4 is 11.9 Å². The molecule has 0 aromatic rings. The van der Waals surface area contributed by atoms with E-state index in [0.29, 0.717) is 25.3 Å². The number of aliphatic carboxylic acids is 1. The van der Waals surface area contributed by atoms with Crippen LogP contribution in [0.3, 0.4) is 0 Å². The molecule has 1 aliphatic carbocycles. The zero-order valence-electron chi connectivity index (χ0n) is 12.2. The Kier molecular flexibility index (Phi) is 6.89. The highest BCUT2D eigenvalue weighted by Gasteiger charge is 2.37. The van der Waals surface area contributed by atoms with Gasteiger partial charge in [-0.25, -0.2) is 0 Å². The summed E-state index contributed by atoms with van der Waals surface area (Å²) in [5.41, 5.74) is 0. The van der Waals surface area contributed by atoms with Crippen LogP contribution in [0.2, 0.25) is 0 Å². The van der Waals surface area contributed by atoms with E-state index in [1.807, 2.05) is 0 Å². The molecule has 3 atom stereocenters. The number of amides is 1. The van der Waals surface area contributed by atoms with Crippen LogP contribution in [-0.4, -0.2) is 23.5 Å². The molecule has 1 aliphatic rings. The average Bonchev–Trinajstić information content (AvgIpc) is 2.88. The highest BCUT2D eigenvalue weighted by Crippen LogP contribution is 2.32. The SMILES string of the molecule is CCCCC(CC)CNC(=O)C1CCCC1C(=O)O. The Morgan fingerprint density at radius 2 is 1.95 bits per heavy atom. The molecule has 0 spiro atoms. The molecule has 1 saturated carbocycles. The minimum Gasteiger partial charge on any atom is -0.481 e. The maximum absolute atomic E-state index is 12.1. The van der Waals surface area contributed by atoms with Crippen molar-refractivity contribution < 1.29 is 14.7 Å². The molecule has 110 valence electrons. The van der Waals surface area contributed by atoms with Crippen LogP contribution in [0.25, 0.3) is 0 Å². The highest BCUT2D eigenvalue weighted by atomic mass is 16.4. The number of hydrogen-bond acceptors (Lipinski definition) is 2. The molecule has 2 N–H and O–H groups in total. The fraction of sp³-hybridized carbons (Fsp3) is 0.867. The molecule has 0 heterocycles. The first-order valence-corrected chi connectivity index (χ1v) is 7.60. The molecule has 0 saturated heterocycles. The number of carbonyl (C=O) groups excluding carboxylic acids is 1. The van der Waals surface area contributed by atoms with Crippen LogP contribution in [0.4, 0.5) is 0 Å². The maximum Gasteiger partial charge on any atom is 0.307 e. The van der Waals surface area contributed by atoms with Crippen molar-refractivity contribution in [1.82, 2.24) is 5.32 Å². The van der Waals surface area contributed by atoms with Gasteiger partial charge in [0.15, 0.2) is 0 Å². The van der Waals surface area contributed by atoms with E-state index in [4.69, 9.17) is 5.11 Å². The Bertz CT molecular complexity index is 304. The van der Waals surface area contributed by atoms with Gasteiger partial charge in [0.25, 0.3) is 0 Å². The third-order valence-corrected chi connectivity index (χ3v) is 4.28. The van der Waals surface area contributed by atoms with Gasteiger partial charge in [-0.1, -0.05) is 39.5 Å². The fourth-order valence-electron chi connectivity index (χ4n) is 2.89. The first-order valence-electron chi connectivity index (χ1n) is 7.60. The fourth-order valence-corrected chi connectivity index (χ4v) is 2.89. The smallest absolute Gasteiger partial charge is 0.307 e. The summed E-state index contributed by atoms with van der Waals surface area (Å²) in [6.45, 7) is 5.00. The number of unbranched alkanes of at least 4 members (excludes halogenated alkanes) is 1. The number of hydrogen-bond donors (Lipinski definition) is 2. The Balaban J connectivity index is 2.39. The quantitative estimate of drug-likeness (QED) is 0.712. The predicted octanol–water partition coefficient (Wildman–Crippen LogP) is 2.82. The molecule has 1 rings (SSSR count). The first-order chi connectivity index (χ1) is 9.10. The molecule has 0 aliphatic heterocycles. The Hall–Kier alpha value is -1.06. The van der Waals surface area contributed by atoms with Crippen molar-refractivity contribution in [1.29, 1.82) is 0 Å². The minimum absolute atomic E-state index is 0.0557. The Morgan fingerprint density at radius 3 is 2.53 bits per heavy atom. The third-order valence-electron chi connectivity index (χ3n) is 4.28. The summed E-state index contributed by atoms with van der Waals surface area (Å²) in [5, 5.41) is 12.1. The summed E-state index contributed by atoms with van der Waals surface area (Å²) in [4.78, 5) is 23.2. The van der Waals surface area contributed by atoms with Gasteiger partial charge in [0.05, 0.1) is 11.8 Å². The molecule has 4 nitrogen and oxygen atoms in total. The second kappa shape index (κ2) is 8.18. The standard InChI is InChI=1S/C15H27NO3/c1-3-5-7-11(4-2)10-16-14(17)12-8-6-9-13(12)15(18)19/h11-13H,3-10H2,1-2H3,(H,16,17)(H,18,19). The molecular formula is C15H27NO3. The minimum atomic E-state index is -0.823. The van der Waals surface area contributed by atoms with Crippen molar-refractivity contribution in [3.63, 3.8) is 0 Å². The molecule has 0 aromatic carbocycles. The van der Waals surface area contributed by atoms with Gasteiger partial charge in [-0.15, -0.1) is 0 Å². The van der Waals surface area contributed by atoms with Gasteiger partial charge in [0.2, 0.25) is 5.91 Å². The van der Waals surface area contributed by atoms with Crippen molar-refractivity contribution in [3.05, 3.63) is 0 Å². The molecule has 1 fully saturated rings. The molecule has 1 amide bonds. The molecular weight excluding hydrogens is 242 g/mol. The summed E-state index contributed by atoms with van der Waals surface area (Å²) in [5.74, 6) is -1.15. The molecule has 0 radical (unpaired) electrons. The lowest BCUT2D eigenvalue weighted by Gasteiger charge is -2.19. The zero-order chi connectivity index (χ0) is 14.3. The van der Waals surface area contributed by atoms with Gasteiger partial charge >= 0.3 is 5.97 Å². The predicted molar refractivity (Wildman–Crippen MR) is 74.8 cm³/mol. The van der Waals surface area contributed by atoms with Crippen LogP contribution in [0.15, 0.2) is 0 Å². The summed E-state index contributed by atoms with van der Waals surface area (Å²) in [7, 11) is 0. The van der Waals surface area contributed by atoms with Crippen LogP contribution in [0.1, 0.15) is 58.8 Å². The van der Waals surface area contributed by atoms with E-state index < -0.39 is 11.9 Å². The van der Waals surface area contributed by atoms with Crippen molar-refractivity contribution in [2.24, 2.45) is 17.8 Å². The van der Waals surface area contributed by atoms with Crippen LogP contribution >= 0.6 is 0 Å². The highest BCUT2D eigenvalue weighted by molar-refractivity contribution is 5.85. The van der Waals surface area contributed by atoms with Crippen molar-refractivity contribution in [3.8, 4) is 0 Å². The van der Waals surface area contributed by atoms with E-state index in [-0.39, 0.29) is 11.8 Å². The van der Waals surface area contributed by atoms with Crippen LogP contribution < -0.4 is 5.32 Å². The second-order valence-electron chi connectivity index (χ2n) is 5.64. The zero-order valence-corrected chi connectivity index (χ0v) is 12.2. The van der Waals surface area contributed by atoms with Crippen molar-refractivity contribution in [2.75, 3.05) is 6.54 Å². The van der Waals surface area contributed by atoms with Gasteiger partial charge in [0.1, 0.15) is 0 Å². The van der Waals surface area contributed by atoms with E-state index >= 15 is 0 Å². The summed E-state index contributed by atoms with van der Waals surface area (Å²) in [6.07, 6.45) is 6.77. The van der Waals surface area contributed by atoms with Crippen molar-refractivity contribution in [2.45, 2.75) is 58.8 Å². The van der Waals surface area contributed by atoms with E-state index in [9.17, 15) is 9.59 Å². The molecule has 3 unspecified atom stereocenters. The number of rotatable bonds is 8. The van der Waals surface area contributed by atoms with Gasteiger partial charge < -0.3 is 10.4 Å². The van der Waals surface area contributed by atoms with Crippen LogP contribution in [0.5, 0.6) is 0 Å². The lowest BCUT2D eigenvalue weighted by molar-refractivity contribution is -0.146. The van der Waals surface area contributed by atoms with E-state index in [1.54, 1.807) is 0 Å². The molecule has 0 aromatic heterocycles. The van der Waals surface area contributed by atoms with E-state index in [2.05, 4.69) is 19.2 Å². The lowest BCUT2D eigenvalue weighted by Crippen LogP contribution is -2.37. The van der Waals surface area contributed by atoms with Gasteiger partial charge in [-0.2, -0.15) is 0 Å². The van der Waals surface area contributed by atoms with Crippen LogP contribution in [-0.2, 0) is 9.59 Å². The van der Waals surface area contributed by atoms with E-state index in [1.165, 1.54) is 12.8 Å². The van der Waals surface area contributed by atoms with Gasteiger partial charge in [0, 0.05) is 6.54 Å². The maximum atomic E-state index is 12.1. The average molecular weight is 269 g/mol. The topological polar surface area (TPSA) is 66.4 Å². The monoisotopic (exact) mass is 269 g/mol. The number of nitrogens with one attached hydrogen (secondary N) is 1. The summed E-state index contributed by atoms with van der Waals surface area (Å²) < 4.78 is 0. The second-order valence-corrected chi connectivity index (χ2v) is 5.64. The lowest BCUT2D eigenvalue weighted by atomic mass is 9.94.